The molecule has 0 unspecified atom stereocenters. The maximum absolute atomic E-state index is 12.9. The molecule has 0 spiro atoms. The highest BCUT2D eigenvalue weighted by atomic mass is 19.3. The molecule has 0 fully saturated rings. The third-order valence-corrected chi connectivity index (χ3v) is 4.14. The van der Waals surface area contributed by atoms with Gasteiger partial charge in [-0.15, -0.1) is 0 Å². The summed E-state index contributed by atoms with van der Waals surface area (Å²) in [7, 11) is 0. The molecule has 1 aliphatic heterocycles. The van der Waals surface area contributed by atoms with Crippen LogP contribution in [0.1, 0.15) is 40.9 Å². The number of aryl methyl sites for hydroxylation is 1. The zero-order valence-electron chi connectivity index (χ0n) is 15.8. The van der Waals surface area contributed by atoms with Gasteiger partial charge >= 0.3 is 0 Å². The molecular formula is C19H20F2N4O3. The highest BCUT2D eigenvalue weighted by Gasteiger charge is 2.30. The predicted molar refractivity (Wildman–Crippen MR) is 97.2 cm³/mol. The summed E-state index contributed by atoms with van der Waals surface area (Å²) in [6.07, 6.45) is 2.98. The standard InChI is InChI=1S/C19H20F2N4O3/c1-11-6-13(7-23-17(11)28-10-19(3,20)21)8-25-9-15-14(18(25)27)4-5-22-16(15)24-12(2)26/h4-7H,8-10H2,1-3H3,(H,22,24,26). The van der Waals surface area contributed by atoms with Gasteiger partial charge in [-0.3, -0.25) is 9.59 Å². The van der Waals surface area contributed by atoms with Gasteiger partial charge in [-0.05, 0) is 24.6 Å². The number of pyridine rings is 2. The van der Waals surface area contributed by atoms with E-state index in [1.165, 1.54) is 19.3 Å². The van der Waals surface area contributed by atoms with Crippen molar-refractivity contribution in [3.8, 4) is 5.88 Å². The third-order valence-electron chi connectivity index (χ3n) is 4.14. The van der Waals surface area contributed by atoms with E-state index in [0.29, 0.717) is 29.1 Å². The Morgan fingerprint density at radius 3 is 2.79 bits per heavy atom. The van der Waals surface area contributed by atoms with Gasteiger partial charge < -0.3 is 15.0 Å². The number of hydrogen-bond acceptors (Lipinski definition) is 5. The molecule has 9 heteroatoms. The van der Waals surface area contributed by atoms with Crippen LogP contribution in [0.4, 0.5) is 14.6 Å². The molecule has 0 aromatic carbocycles. The van der Waals surface area contributed by atoms with Gasteiger partial charge in [-0.1, -0.05) is 0 Å². The van der Waals surface area contributed by atoms with Crippen molar-refractivity contribution >= 4 is 17.6 Å². The monoisotopic (exact) mass is 390 g/mol. The molecule has 0 atom stereocenters. The molecule has 2 aromatic rings. The van der Waals surface area contributed by atoms with Crippen LogP contribution in [0.15, 0.2) is 24.5 Å². The van der Waals surface area contributed by atoms with Crippen LogP contribution in [0.25, 0.3) is 0 Å². The summed E-state index contributed by atoms with van der Waals surface area (Å²) < 4.78 is 31.0. The highest BCUT2D eigenvalue weighted by molar-refractivity contribution is 6.01. The van der Waals surface area contributed by atoms with Crippen molar-refractivity contribution < 1.29 is 23.1 Å². The summed E-state index contributed by atoms with van der Waals surface area (Å²) in [6.45, 7) is 3.69. The molecule has 7 nitrogen and oxygen atoms in total. The number of carbonyl (C=O) groups excluding carboxylic acids is 2. The first kappa shape index (κ1) is 19.7. The number of halogens is 2. The van der Waals surface area contributed by atoms with Crippen LogP contribution >= 0.6 is 0 Å². The molecule has 3 heterocycles. The zero-order chi connectivity index (χ0) is 20.5. The second kappa shape index (κ2) is 7.49. The van der Waals surface area contributed by atoms with Gasteiger partial charge in [0.15, 0.2) is 6.61 Å². The Morgan fingerprint density at radius 1 is 1.39 bits per heavy atom. The highest BCUT2D eigenvalue weighted by Crippen LogP contribution is 2.29. The minimum absolute atomic E-state index is 0.137. The first-order valence-electron chi connectivity index (χ1n) is 8.65. The number of hydrogen-bond donors (Lipinski definition) is 1. The van der Waals surface area contributed by atoms with Crippen molar-refractivity contribution in [3.63, 3.8) is 0 Å². The molecule has 28 heavy (non-hydrogen) atoms. The third kappa shape index (κ3) is 4.41. The van der Waals surface area contributed by atoms with Crippen LogP contribution in [0, 0.1) is 6.92 Å². The lowest BCUT2D eigenvalue weighted by atomic mass is 10.1. The quantitative estimate of drug-likeness (QED) is 0.820. The van der Waals surface area contributed by atoms with E-state index >= 15 is 0 Å². The SMILES string of the molecule is CC(=O)Nc1nccc2c1CN(Cc1cnc(OCC(C)(F)F)c(C)c1)C2=O. The number of nitrogens with zero attached hydrogens (tertiary/aromatic N) is 3. The summed E-state index contributed by atoms with van der Waals surface area (Å²) in [5.41, 5.74) is 2.50. The number of rotatable bonds is 6. The molecule has 0 saturated heterocycles. The molecule has 0 radical (unpaired) electrons. The molecular weight excluding hydrogens is 370 g/mol. The lowest BCUT2D eigenvalue weighted by Crippen LogP contribution is -2.24. The average Bonchev–Trinajstić information content (AvgIpc) is 2.90. The summed E-state index contributed by atoms with van der Waals surface area (Å²) in [5.74, 6) is -2.87. The van der Waals surface area contributed by atoms with Crippen molar-refractivity contribution in [2.45, 2.75) is 39.8 Å². The van der Waals surface area contributed by atoms with Crippen LogP contribution in [0.2, 0.25) is 0 Å². The Bertz CT molecular complexity index is 928. The smallest absolute Gasteiger partial charge is 0.278 e. The van der Waals surface area contributed by atoms with E-state index in [-0.39, 0.29) is 24.2 Å². The van der Waals surface area contributed by atoms with Crippen LogP contribution in [-0.2, 0) is 17.9 Å². The van der Waals surface area contributed by atoms with Crippen LogP contribution in [0.3, 0.4) is 0 Å². The van der Waals surface area contributed by atoms with E-state index in [2.05, 4.69) is 15.3 Å². The first-order chi connectivity index (χ1) is 13.1. The Labute approximate surface area is 160 Å². The van der Waals surface area contributed by atoms with Gasteiger partial charge in [0, 0.05) is 49.5 Å². The van der Waals surface area contributed by atoms with E-state index in [1.54, 1.807) is 24.0 Å². The van der Waals surface area contributed by atoms with E-state index in [9.17, 15) is 18.4 Å². The Hall–Kier alpha value is -3.10. The lowest BCUT2D eigenvalue weighted by molar-refractivity contribution is -0.114. The largest absolute Gasteiger partial charge is 0.471 e. The van der Waals surface area contributed by atoms with Crippen LogP contribution < -0.4 is 10.1 Å². The molecule has 2 amide bonds. The molecule has 0 saturated carbocycles. The predicted octanol–water partition coefficient (Wildman–Crippen LogP) is 2.93. The fourth-order valence-electron chi connectivity index (χ4n) is 2.96. The second-order valence-electron chi connectivity index (χ2n) is 6.85. The Morgan fingerprint density at radius 2 is 2.14 bits per heavy atom. The summed E-state index contributed by atoms with van der Waals surface area (Å²) in [5, 5.41) is 2.63. The Balaban J connectivity index is 1.73. The number of fused-ring (bicyclic) bond motifs is 1. The molecule has 148 valence electrons. The molecule has 1 aliphatic rings. The molecule has 0 bridgehead atoms. The lowest BCUT2D eigenvalue weighted by Gasteiger charge is -2.17. The zero-order valence-corrected chi connectivity index (χ0v) is 15.8. The number of aromatic nitrogens is 2. The van der Waals surface area contributed by atoms with Gasteiger partial charge in [-0.2, -0.15) is 0 Å². The molecule has 2 aromatic heterocycles. The molecule has 3 rings (SSSR count). The Kier molecular flexibility index (Phi) is 5.26. The maximum Gasteiger partial charge on any atom is 0.278 e. The van der Waals surface area contributed by atoms with E-state index < -0.39 is 12.5 Å². The minimum Gasteiger partial charge on any atom is -0.471 e. The summed E-state index contributed by atoms with van der Waals surface area (Å²) >= 11 is 0. The van der Waals surface area contributed by atoms with Crippen molar-refractivity contribution in [2.75, 3.05) is 11.9 Å². The van der Waals surface area contributed by atoms with Crippen LogP contribution in [0.5, 0.6) is 5.88 Å². The van der Waals surface area contributed by atoms with E-state index in [0.717, 1.165) is 12.5 Å². The normalized spacial score (nSPS) is 13.5. The van der Waals surface area contributed by atoms with Crippen molar-refractivity contribution in [3.05, 3.63) is 46.8 Å². The average molecular weight is 390 g/mol. The number of nitrogens with one attached hydrogen (secondary N) is 1. The van der Waals surface area contributed by atoms with Gasteiger partial charge in [0.25, 0.3) is 11.8 Å². The number of ether oxygens (including phenoxy) is 1. The van der Waals surface area contributed by atoms with E-state index in [1.807, 2.05) is 0 Å². The topological polar surface area (TPSA) is 84.4 Å². The second-order valence-corrected chi connectivity index (χ2v) is 6.85. The number of amides is 2. The van der Waals surface area contributed by atoms with Gasteiger partial charge in [0.2, 0.25) is 11.8 Å². The minimum atomic E-state index is -2.94. The maximum atomic E-state index is 12.9. The number of alkyl halides is 2. The van der Waals surface area contributed by atoms with Gasteiger partial charge in [-0.25, -0.2) is 18.7 Å². The fraction of sp³-hybridized carbons (Fsp3) is 0.368. The molecule has 0 aliphatic carbocycles. The number of carbonyl (C=O) groups is 2. The van der Waals surface area contributed by atoms with Crippen LogP contribution in [-0.4, -0.2) is 39.2 Å². The molecule has 1 N–H and O–H groups in total. The number of anilines is 1. The fourth-order valence-corrected chi connectivity index (χ4v) is 2.96. The first-order valence-corrected chi connectivity index (χ1v) is 8.65. The van der Waals surface area contributed by atoms with Crippen molar-refractivity contribution in [1.82, 2.24) is 14.9 Å². The van der Waals surface area contributed by atoms with Gasteiger partial charge in [0.05, 0.1) is 6.54 Å². The van der Waals surface area contributed by atoms with E-state index in [4.69, 9.17) is 4.74 Å². The summed E-state index contributed by atoms with van der Waals surface area (Å²) in [4.78, 5) is 33.8. The van der Waals surface area contributed by atoms with Crippen molar-refractivity contribution in [2.24, 2.45) is 0 Å². The summed E-state index contributed by atoms with van der Waals surface area (Å²) in [6, 6.07) is 3.37. The van der Waals surface area contributed by atoms with Gasteiger partial charge in [0.1, 0.15) is 5.82 Å². The van der Waals surface area contributed by atoms with Crippen molar-refractivity contribution in [1.29, 1.82) is 0 Å².